The van der Waals surface area contributed by atoms with Crippen molar-refractivity contribution in [1.82, 2.24) is 10.2 Å². The summed E-state index contributed by atoms with van der Waals surface area (Å²) < 4.78 is 0. The predicted molar refractivity (Wildman–Crippen MR) is 50.4 cm³/mol. The lowest BCUT2D eigenvalue weighted by Gasteiger charge is -2.14. The molecule has 76 valence electrons. The fourth-order valence-electron chi connectivity index (χ4n) is 1.54. The van der Waals surface area contributed by atoms with Crippen LogP contribution >= 0.6 is 0 Å². The van der Waals surface area contributed by atoms with Crippen LogP contribution in [-0.2, 0) is 4.79 Å². The Morgan fingerprint density at radius 1 is 1.69 bits per heavy atom. The maximum absolute atomic E-state index is 11.5. The molecule has 1 saturated heterocycles. The van der Waals surface area contributed by atoms with Crippen molar-refractivity contribution < 1.29 is 9.90 Å². The summed E-state index contributed by atoms with van der Waals surface area (Å²) in [6.07, 6.45) is 1.90. The van der Waals surface area contributed by atoms with Crippen molar-refractivity contribution in [2.75, 3.05) is 26.7 Å². The Morgan fingerprint density at radius 3 is 3.00 bits per heavy atom. The second-order valence-corrected chi connectivity index (χ2v) is 3.49. The lowest BCUT2D eigenvalue weighted by atomic mass is 10.3. The van der Waals surface area contributed by atoms with Crippen LogP contribution in [0, 0.1) is 0 Å². The number of nitrogens with zero attached hydrogens (tertiary/aromatic N) is 1. The molecule has 1 amide bonds. The van der Waals surface area contributed by atoms with E-state index in [4.69, 9.17) is 0 Å². The highest BCUT2D eigenvalue weighted by atomic mass is 16.3. The number of amides is 1. The highest BCUT2D eigenvalue weighted by molar-refractivity contribution is 5.76. The average molecular weight is 186 g/mol. The number of hydrogen-bond donors (Lipinski definition) is 2. The van der Waals surface area contributed by atoms with Gasteiger partial charge in [0.15, 0.2) is 0 Å². The highest BCUT2D eigenvalue weighted by Gasteiger charge is 2.23. The van der Waals surface area contributed by atoms with Gasteiger partial charge in [-0.05, 0) is 26.4 Å². The number of β-amino-alcohol motifs (C(OH)–C–C–N with tert-alkyl or cyclic N) is 1. The molecular formula is C9H18N2O2. The number of rotatable bonds is 4. The molecule has 4 nitrogen and oxygen atoms in total. The third kappa shape index (κ3) is 3.32. The molecule has 1 unspecified atom stereocenters. The van der Waals surface area contributed by atoms with Crippen LogP contribution in [0.5, 0.6) is 0 Å². The molecule has 2 N–H and O–H groups in total. The smallest absolute Gasteiger partial charge is 0.222 e. The maximum Gasteiger partial charge on any atom is 0.222 e. The standard InChI is InChI=1S/C9H18N2O2/c1-10-5-2-3-9(13)11-6-4-8(12)7-11/h8,10,12H,2-7H2,1H3. The van der Waals surface area contributed by atoms with Crippen LogP contribution in [0.25, 0.3) is 0 Å². The van der Waals surface area contributed by atoms with E-state index in [0.29, 0.717) is 13.0 Å². The lowest BCUT2D eigenvalue weighted by molar-refractivity contribution is -0.130. The van der Waals surface area contributed by atoms with Gasteiger partial charge in [-0.1, -0.05) is 0 Å². The van der Waals surface area contributed by atoms with Crippen LogP contribution in [0.4, 0.5) is 0 Å². The molecule has 0 aliphatic carbocycles. The van der Waals surface area contributed by atoms with E-state index in [9.17, 15) is 9.90 Å². The molecule has 0 saturated carbocycles. The van der Waals surface area contributed by atoms with E-state index in [2.05, 4.69) is 5.32 Å². The van der Waals surface area contributed by atoms with Crippen molar-refractivity contribution in [2.45, 2.75) is 25.4 Å². The van der Waals surface area contributed by atoms with Gasteiger partial charge in [-0.15, -0.1) is 0 Å². The second-order valence-electron chi connectivity index (χ2n) is 3.49. The summed E-state index contributed by atoms with van der Waals surface area (Å²) in [5, 5.41) is 12.2. The van der Waals surface area contributed by atoms with Gasteiger partial charge in [0.2, 0.25) is 5.91 Å². The molecule has 1 fully saturated rings. The molecular weight excluding hydrogens is 168 g/mol. The first kappa shape index (κ1) is 10.5. The molecule has 1 aliphatic heterocycles. The van der Waals surface area contributed by atoms with Gasteiger partial charge >= 0.3 is 0 Å². The predicted octanol–water partition coefficient (Wildman–Crippen LogP) is -0.421. The zero-order valence-electron chi connectivity index (χ0n) is 8.12. The van der Waals surface area contributed by atoms with Crippen molar-refractivity contribution >= 4 is 5.91 Å². The summed E-state index contributed by atoms with van der Waals surface area (Å²) in [5.74, 6) is 0.173. The van der Waals surface area contributed by atoms with Gasteiger partial charge < -0.3 is 15.3 Å². The molecule has 0 bridgehead atoms. The Labute approximate surface area is 78.9 Å². The molecule has 13 heavy (non-hydrogen) atoms. The Morgan fingerprint density at radius 2 is 2.46 bits per heavy atom. The van der Waals surface area contributed by atoms with E-state index in [1.807, 2.05) is 7.05 Å². The zero-order valence-corrected chi connectivity index (χ0v) is 8.12. The fraction of sp³-hybridized carbons (Fsp3) is 0.889. The normalized spacial score (nSPS) is 22.3. The maximum atomic E-state index is 11.5. The Hall–Kier alpha value is -0.610. The summed E-state index contributed by atoms with van der Waals surface area (Å²) in [5.41, 5.74) is 0. The molecule has 1 atom stereocenters. The van der Waals surface area contributed by atoms with Gasteiger partial charge in [0.1, 0.15) is 0 Å². The lowest BCUT2D eigenvalue weighted by Crippen LogP contribution is -2.29. The van der Waals surface area contributed by atoms with Gasteiger partial charge in [0.05, 0.1) is 6.10 Å². The molecule has 0 aromatic carbocycles. The summed E-state index contributed by atoms with van der Waals surface area (Å²) in [6.45, 7) is 2.13. The zero-order chi connectivity index (χ0) is 9.68. The van der Waals surface area contributed by atoms with Crippen LogP contribution in [0.3, 0.4) is 0 Å². The Balaban J connectivity index is 2.16. The number of likely N-dealkylation sites (tertiary alicyclic amines) is 1. The largest absolute Gasteiger partial charge is 0.391 e. The second kappa shape index (κ2) is 5.19. The van der Waals surface area contributed by atoms with Gasteiger partial charge in [0.25, 0.3) is 0 Å². The molecule has 0 radical (unpaired) electrons. The van der Waals surface area contributed by atoms with Crippen LogP contribution < -0.4 is 5.32 Å². The minimum absolute atomic E-state index is 0.173. The number of carbonyl (C=O) groups excluding carboxylic acids is 1. The van der Waals surface area contributed by atoms with Gasteiger partial charge in [-0.25, -0.2) is 0 Å². The molecule has 4 heteroatoms. The first-order valence-corrected chi connectivity index (χ1v) is 4.84. The van der Waals surface area contributed by atoms with Gasteiger partial charge in [0, 0.05) is 19.5 Å². The number of aliphatic hydroxyl groups is 1. The quantitative estimate of drug-likeness (QED) is 0.586. The van der Waals surface area contributed by atoms with Crippen molar-refractivity contribution in [2.24, 2.45) is 0 Å². The minimum atomic E-state index is -0.298. The van der Waals surface area contributed by atoms with E-state index in [1.165, 1.54) is 0 Å². The Kier molecular flexibility index (Phi) is 4.18. The van der Waals surface area contributed by atoms with Crippen LogP contribution in [0.1, 0.15) is 19.3 Å². The monoisotopic (exact) mass is 186 g/mol. The Bertz CT molecular complexity index is 173. The van der Waals surface area contributed by atoms with Crippen LogP contribution in [-0.4, -0.2) is 48.7 Å². The van der Waals surface area contributed by atoms with Crippen LogP contribution in [0.2, 0.25) is 0 Å². The number of aliphatic hydroxyl groups excluding tert-OH is 1. The van der Waals surface area contributed by atoms with E-state index in [-0.39, 0.29) is 12.0 Å². The average Bonchev–Trinajstić information content (AvgIpc) is 2.52. The molecule has 1 aliphatic rings. The van der Waals surface area contributed by atoms with E-state index in [1.54, 1.807) is 4.90 Å². The first-order valence-electron chi connectivity index (χ1n) is 4.84. The summed E-state index contributed by atoms with van der Waals surface area (Å²) in [6, 6.07) is 0. The molecule has 1 rings (SSSR count). The van der Waals surface area contributed by atoms with Crippen molar-refractivity contribution in [1.29, 1.82) is 0 Å². The van der Waals surface area contributed by atoms with Gasteiger partial charge in [-0.3, -0.25) is 4.79 Å². The number of carbonyl (C=O) groups is 1. The van der Waals surface area contributed by atoms with Gasteiger partial charge in [-0.2, -0.15) is 0 Å². The van der Waals surface area contributed by atoms with Crippen LogP contribution in [0.15, 0.2) is 0 Å². The third-order valence-electron chi connectivity index (χ3n) is 2.33. The first-order chi connectivity index (χ1) is 6.24. The fourth-order valence-corrected chi connectivity index (χ4v) is 1.54. The molecule has 0 aromatic rings. The van der Waals surface area contributed by atoms with Crippen molar-refractivity contribution in [3.05, 3.63) is 0 Å². The van der Waals surface area contributed by atoms with Crippen molar-refractivity contribution in [3.8, 4) is 0 Å². The molecule has 0 aromatic heterocycles. The topological polar surface area (TPSA) is 52.6 Å². The minimum Gasteiger partial charge on any atom is -0.391 e. The van der Waals surface area contributed by atoms with Crippen molar-refractivity contribution in [3.63, 3.8) is 0 Å². The van der Waals surface area contributed by atoms with E-state index in [0.717, 1.165) is 25.9 Å². The summed E-state index contributed by atoms with van der Waals surface area (Å²) in [4.78, 5) is 13.2. The summed E-state index contributed by atoms with van der Waals surface area (Å²) >= 11 is 0. The summed E-state index contributed by atoms with van der Waals surface area (Å²) in [7, 11) is 1.88. The number of hydrogen-bond acceptors (Lipinski definition) is 3. The van der Waals surface area contributed by atoms with E-state index >= 15 is 0 Å². The molecule has 0 spiro atoms. The highest BCUT2D eigenvalue weighted by Crippen LogP contribution is 2.10. The number of nitrogens with one attached hydrogen (secondary N) is 1. The van der Waals surface area contributed by atoms with E-state index < -0.39 is 0 Å². The third-order valence-corrected chi connectivity index (χ3v) is 2.33. The SMILES string of the molecule is CNCCCC(=O)N1CCC(O)C1. The molecule has 1 heterocycles.